The van der Waals surface area contributed by atoms with Crippen molar-refractivity contribution >= 4 is 11.4 Å². The molecule has 0 unspecified atom stereocenters. The number of nitrogens with zero attached hydrogens (tertiary/aromatic N) is 4. The van der Waals surface area contributed by atoms with E-state index in [1.807, 2.05) is 0 Å². The van der Waals surface area contributed by atoms with E-state index in [-0.39, 0.29) is 0 Å². The highest BCUT2D eigenvalue weighted by Crippen LogP contribution is 2.25. The number of halogens is 4. The number of anilines is 2. The maximum Gasteiger partial charge on any atom is 0.289 e. The topological polar surface area (TPSA) is 14.2 Å². The van der Waals surface area contributed by atoms with Crippen LogP contribution in [0, 0.1) is 23.3 Å². The number of hydrogen-bond acceptors (Lipinski definition) is 2. The molecule has 0 saturated carbocycles. The van der Waals surface area contributed by atoms with E-state index in [9.17, 15) is 17.6 Å². The van der Waals surface area contributed by atoms with Crippen LogP contribution in [0.15, 0.2) is 49.1 Å². The lowest BCUT2D eigenvalue weighted by Crippen LogP contribution is -2.38. The van der Waals surface area contributed by atoms with Crippen LogP contribution in [0.1, 0.15) is 0 Å². The van der Waals surface area contributed by atoms with Crippen LogP contribution in [-0.4, -0.2) is 28.2 Å². The molecule has 1 aromatic carbocycles. The molecule has 2 heterocycles. The Hall–Kier alpha value is -3.16. The van der Waals surface area contributed by atoms with E-state index in [0.29, 0.717) is 0 Å². The Morgan fingerprint density at radius 3 is 1.00 bits per heavy atom. The first-order valence-electron chi connectivity index (χ1n) is 8.46. The van der Waals surface area contributed by atoms with Crippen molar-refractivity contribution in [1.29, 1.82) is 0 Å². The number of pyridine rings is 2. The summed E-state index contributed by atoms with van der Waals surface area (Å²) in [6, 6.07) is 6.32. The molecule has 0 aliphatic heterocycles. The van der Waals surface area contributed by atoms with Gasteiger partial charge in [0.05, 0.1) is 0 Å². The van der Waals surface area contributed by atoms with Gasteiger partial charge in [-0.1, -0.05) is 0 Å². The molecule has 0 spiro atoms. The number of aromatic nitrogens is 2. The van der Waals surface area contributed by atoms with Crippen molar-refractivity contribution in [1.82, 2.24) is 0 Å². The van der Waals surface area contributed by atoms with Gasteiger partial charge in [-0.3, -0.25) is 0 Å². The summed E-state index contributed by atoms with van der Waals surface area (Å²) in [7, 11) is 7.20. The van der Waals surface area contributed by atoms with Crippen molar-refractivity contribution in [3.05, 3.63) is 72.3 Å². The van der Waals surface area contributed by atoms with Crippen molar-refractivity contribution in [2.45, 2.75) is 0 Å². The first-order chi connectivity index (χ1) is 13.2. The quantitative estimate of drug-likeness (QED) is 0.385. The Labute approximate surface area is 160 Å². The first-order valence-corrected chi connectivity index (χ1v) is 8.46. The molecule has 3 aromatic rings. The maximum atomic E-state index is 14.7. The highest BCUT2D eigenvalue weighted by molar-refractivity contribution is 5.44. The van der Waals surface area contributed by atoms with Gasteiger partial charge in [-0.05, 0) is 0 Å². The predicted octanol–water partition coefficient (Wildman–Crippen LogP) is 2.93. The van der Waals surface area contributed by atoms with Crippen LogP contribution in [-0.2, 0) is 0 Å². The summed E-state index contributed by atoms with van der Waals surface area (Å²) >= 11 is 0. The molecule has 0 aliphatic rings. The van der Waals surface area contributed by atoms with Crippen LogP contribution < -0.4 is 18.9 Å². The summed E-state index contributed by atoms with van der Waals surface area (Å²) in [5, 5.41) is 0. The summed E-state index contributed by atoms with van der Waals surface area (Å²) in [4.78, 5) is 3.57. The van der Waals surface area contributed by atoms with Gasteiger partial charge in [0.2, 0.25) is 23.3 Å². The normalized spacial score (nSPS) is 10.9. The van der Waals surface area contributed by atoms with E-state index in [2.05, 4.69) is 0 Å². The second-order valence-electron chi connectivity index (χ2n) is 6.67. The van der Waals surface area contributed by atoms with E-state index in [1.54, 1.807) is 62.3 Å². The lowest BCUT2D eigenvalue weighted by atomic mass is 10.2. The fraction of sp³-hybridized carbons (Fsp3) is 0.200. The average Bonchev–Trinajstić information content (AvgIpc) is 2.67. The molecule has 4 nitrogen and oxygen atoms in total. The van der Waals surface area contributed by atoms with Gasteiger partial charge in [-0.2, -0.15) is 26.7 Å². The van der Waals surface area contributed by atoms with Crippen molar-refractivity contribution in [2.24, 2.45) is 0 Å². The lowest BCUT2D eigenvalue weighted by Gasteiger charge is -2.11. The Bertz CT molecular complexity index is 889. The van der Waals surface area contributed by atoms with E-state index in [4.69, 9.17) is 0 Å². The smallest absolute Gasteiger partial charge is 0.289 e. The van der Waals surface area contributed by atoms with Crippen LogP contribution in [0.5, 0.6) is 0 Å². The monoisotopic (exact) mass is 392 g/mol. The van der Waals surface area contributed by atoms with Crippen molar-refractivity contribution < 1.29 is 26.7 Å². The van der Waals surface area contributed by atoms with Crippen molar-refractivity contribution in [2.75, 3.05) is 38.0 Å². The molecule has 146 valence electrons. The second-order valence-corrected chi connectivity index (χ2v) is 6.67. The van der Waals surface area contributed by atoms with Crippen LogP contribution >= 0.6 is 0 Å². The van der Waals surface area contributed by atoms with Gasteiger partial charge in [-0.15, -0.1) is 0 Å². The molecule has 0 amide bonds. The molecule has 0 aliphatic carbocycles. The Kier molecular flexibility index (Phi) is 5.22. The number of benzene rings is 1. The van der Waals surface area contributed by atoms with E-state index < -0.39 is 34.6 Å². The van der Waals surface area contributed by atoms with Gasteiger partial charge in [0.1, 0.15) is 0 Å². The zero-order chi connectivity index (χ0) is 20.6. The molecule has 0 fully saturated rings. The Balaban J connectivity index is 2.14. The predicted molar refractivity (Wildman–Crippen MR) is 98.0 cm³/mol. The third-order valence-corrected chi connectivity index (χ3v) is 4.39. The Morgan fingerprint density at radius 2 is 0.786 bits per heavy atom. The van der Waals surface area contributed by atoms with Crippen LogP contribution in [0.4, 0.5) is 28.9 Å². The average molecular weight is 392 g/mol. The van der Waals surface area contributed by atoms with Crippen LogP contribution in [0.2, 0.25) is 0 Å². The minimum atomic E-state index is -1.47. The van der Waals surface area contributed by atoms with Gasteiger partial charge in [0, 0.05) is 63.8 Å². The molecular weight excluding hydrogens is 372 g/mol. The van der Waals surface area contributed by atoms with Gasteiger partial charge < -0.3 is 9.80 Å². The highest BCUT2D eigenvalue weighted by atomic mass is 19.2. The van der Waals surface area contributed by atoms with Gasteiger partial charge >= 0.3 is 0 Å². The standard InChI is InChI=1S/C20H20F4N4/c1-25(2)13-5-9-27(10-6-13)19-15(21)17(23)20(18(24)16(19)22)28-11-7-14(8-12-28)26(3)4/h5-12H,1-4H3/q+2. The molecule has 3 rings (SSSR count). The largest absolute Gasteiger partial charge is 0.377 e. The Morgan fingerprint density at radius 1 is 0.536 bits per heavy atom. The maximum absolute atomic E-state index is 14.7. The molecule has 0 radical (unpaired) electrons. The summed E-state index contributed by atoms with van der Waals surface area (Å²) in [5.41, 5.74) is -0.0820. The van der Waals surface area contributed by atoms with Crippen molar-refractivity contribution in [3.63, 3.8) is 0 Å². The first kappa shape index (κ1) is 19.6. The summed E-state index contributed by atoms with van der Waals surface area (Å²) in [6.45, 7) is 0. The van der Waals surface area contributed by atoms with Gasteiger partial charge in [0.25, 0.3) is 11.4 Å². The third kappa shape index (κ3) is 3.37. The fourth-order valence-corrected chi connectivity index (χ4v) is 2.79. The van der Waals surface area contributed by atoms with Crippen molar-refractivity contribution in [3.8, 4) is 11.4 Å². The van der Waals surface area contributed by atoms with E-state index in [1.165, 1.54) is 24.8 Å². The van der Waals surface area contributed by atoms with E-state index in [0.717, 1.165) is 20.5 Å². The zero-order valence-corrected chi connectivity index (χ0v) is 15.9. The SMILES string of the molecule is CN(C)c1cc[n+](-c2c(F)c(F)c(-[n+]3ccc(N(C)C)cc3)c(F)c2F)cc1. The minimum Gasteiger partial charge on any atom is -0.377 e. The molecule has 0 atom stereocenters. The summed E-state index contributed by atoms with van der Waals surface area (Å²) in [6.07, 6.45) is 5.37. The number of hydrogen-bond donors (Lipinski definition) is 0. The van der Waals surface area contributed by atoms with E-state index >= 15 is 0 Å². The zero-order valence-electron chi connectivity index (χ0n) is 15.9. The minimum absolute atomic E-state index is 0.770. The molecule has 0 bridgehead atoms. The molecule has 28 heavy (non-hydrogen) atoms. The third-order valence-electron chi connectivity index (χ3n) is 4.39. The fourth-order valence-electron chi connectivity index (χ4n) is 2.79. The second kappa shape index (κ2) is 7.46. The van der Waals surface area contributed by atoms with Crippen LogP contribution in [0.25, 0.3) is 11.4 Å². The van der Waals surface area contributed by atoms with Gasteiger partial charge in [0.15, 0.2) is 24.8 Å². The molecule has 2 aromatic heterocycles. The molecular formula is C20H20F4N4+2. The molecule has 8 heteroatoms. The summed E-state index contributed by atoms with van der Waals surface area (Å²) in [5.74, 6) is -5.89. The highest BCUT2D eigenvalue weighted by Gasteiger charge is 2.36. The lowest BCUT2D eigenvalue weighted by molar-refractivity contribution is -0.605. The molecule has 0 N–H and O–H groups in total. The molecule has 0 saturated heterocycles. The summed E-state index contributed by atoms with van der Waals surface area (Å²) < 4.78 is 60.8. The van der Waals surface area contributed by atoms with Gasteiger partial charge in [-0.25, -0.2) is 0 Å². The van der Waals surface area contributed by atoms with Crippen LogP contribution in [0.3, 0.4) is 0 Å². The number of rotatable bonds is 4.